The van der Waals surface area contributed by atoms with Gasteiger partial charge >= 0.3 is 0 Å². The van der Waals surface area contributed by atoms with E-state index in [9.17, 15) is 0 Å². The smallest absolute Gasteiger partial charge is 0.0642 e. The van der Waals surface area contributed by atoms with E-state index < -0.39 is 0 Å². The van der Waals surface area contributed by atoms with Gasteiger partial charge in [-0.15, -0.1) is 0 Å². The lowest BCUT2D eigenvalue weighted by Gasteiger charge is -2.10. The fourth-order valence-electron chi connectivity index (χ4n) is 1.01. The van der Waals surface area contributed by atoms with Crippen molar-refractivity contribution in [3.05, 3.63) is 33.3 Å². The molecule has 1 aromatic rings. The average molecular weight is 204 g/mol. The summed E-state index contributed by atoms with van der Waals surface area (Å²) in [5, 5.41) is 1.18. The average Bonchev–Trinajstić information content (AvgIpc) is 2.00. The minimum Gasteiger partial charge on any atom is -0.324 e. The van der Waals surface area contributed by atoms with Gasteiger partial charge in [-0.3, -0.25) is 0 Å². The zero-order valence-electron chi connectivity index (χ0n) is 7.07. The van der Waals surface area contributed by atoms with E-state index >= 15 is 0 Å². The van der Waals surface area contributed by atoms with Crippen LogP contribution in [0, 0.1) is 6.92 Å². The Balaban J connectivity index is 3.27. The molecule has 66 valence electrons. The van der Waals surface area contributed by atoms with Crippen LogP contribution in [-0.2, 0) is 0 Å². The second-order valence-electron chi connectivity index (χ2n) is 2.89. The summed E-state index contributed by atoms with van der Waals surface area (Å²) in [7, 11) is 0. The number of rotatable bonds is 1. The van der Waals surface area contributed by atoms with Crippen LogP contribution in [0.5, 0.6) is 0 Å². The van der Waals surface area contributed by atoms with Crippen LogP contribution in [-0.4, -0.2) is 0 Å². The molecule has 0 aliphatic heterocycles. The predicted octanol–water partition coefficient (Wildman–Crippen LogP) is 3.32. The number of aryl methyl sites for hydroxylation is 1. The van der Waals surface area contributed by atoms with Gasteiger partial charge in [0.25, 0.3) is 0 Å². The fourth-order valence-corrected chi connectivity index (χ4v) is 1.57. The van der Waals surface area contributed by atoms with Crippen LogP contribution < -0.4 is 5.73 Å². The Hall–Kier alpha value is -0.240. The lowest BCUT2D eigenvalue weighted by Crippen LogP contribution is -2.05. The lowest BCUT2D eigenvalue weighted by molar-refractivity contribution is 0.818. The zero-order chi connectivity index (χ0) is 9.30. The highest BCUT2D eigenvalue weighted by Gasteiger charge is 2.09. The Kier molecular flexibility index (Phi) is 2.99. The van der Waals surface area contributed by atoms with Gasteiger partial charge in [-0.05, 0) is 25.0 Å². The molecule has 1 unspecified atom stereocenters. The summed E-state index contributed by atoms with van der Waals surface area (Å²) in [5.41, 5.74) is 7.56. The zero-order valence-corrected chi connectivity index (χ0v) is 8.58. The van der Waals surface area contributed by atoms with Crippen LogP contribution in [0.15, 0.2) is 12.1 Å². The SMILES string of the molecule is Cc1ccc(C(C)N)c(Cl)c1Cl. The molecule has 0 fully saturated rings. The predicted molar refractivity (Wildman–Crippen MR) is 53.8 cm³/mol. The molecule has 0 bridgehead atoms. The highest BCUT2D eigenvalue weighted by Crippen LogP contribution is 2.31. The molecule has 0 amide bonds. The molecule has 0 aliphatic carbocycles. The number of hydrogen-bond donors (Lipinski definition) is 1. The van der Waals surface area contributed by atoms with E-state index in [1.807, 2.05) is 26.0 Å². The maximum atomic E-state index is 5.98. The molecule has 1 aromatic carbocycles. The van der Waals surface area contributed by atoms with Gasteiger partial charge < -0.3 is 5.73 Å². The third-order valence-electron chi connectivity index (χ3n) is 1.80. The van der Waals surface area contributed by atoms with E-state index in [0.29, 0.717) is 10.0 Å². The largest absolute Gasteiger partial charge is 0.324 e. The first-order chi connectivity index (χ1) is 5.54. The quantitative estimate of drug-likeness (QED) is 0.745. The summed E-state index contributed by atoms with van der Waals surface area (Å²) in [6.07, 6.45) is 0. The first-order valence-electron chi connectivity index (χ1n) is 3.74. The molecule has 1 atom stereocenters. The Bertz CT molecular complexity index is 295. The van der Waals surface area contributed by atoms with Crippen molar-refractivity contribution >= 4 is 23.2 Å². The lowest BCUT2D eigenvalue weighted by atomic mass is 10.1. The summed E-state index contributed by atoms with van der Waals surface area (Å²) < 4.78 is 0. The fraction of sp³-hybridized carbons (Fsp3) is 0.333. The number of hydrogen-bond acceptors (Lipinski definition) is 1. The normalized spacial score (nSPS) is 13.1. The molecule has 0 radical (unpaired) electrons. The Morgan fingerprint density at radius 1 is 1.25 bits per heavy atom. The van der Waals surface area contributed by atoms with E-state index in [1.165, 1.54) is 0 Å². The van der Waals surface area contributed by atoms with E-state index in [1.54, 1.807) is 0 Å². The highest BCUT2D eigenvalue weighted by molar-refractivity contribution is 6.43. The first-order valence-corrected chi connectivity index (χ1v) is 4.49. The summed E-state index contributed by atoms with van der Waals surface area (Å²) in [6.45, 7) is 3.80. The summed E-state index contributed by atoms with van der Waals surface area (Å²) >= 11 is 11.9. The van der Waals surface area contributed by atoms with Crippen molar-refractivity contribution in [3.8, 4) is 0 Å². The summed E-state index contributed by atoms with van der Waals surface area (Å²) in [4.78, 5) is 0. The van der Waals surface area contributed by atoms with Gasteiger partial charge in [0.1, 0.15) is 0 Å². The molecule has 0 spiro atoms. The second-order valence-corrected chi connectivity index (χ2v) is 3.64. The molecule has 1 nitrogen and oxygen atoms in total. The van der Waals surface area contributed by atoms with E-state index in [0.717, 1.165) is 11.1 Å². The van der Waals surface area contributed by atoms with Gasteiger partial charge in [-0.1, -0.05) is 35.3 Å². The van der Waals surface area contributed by atoms with Gasteiger partial charge in [0.05, 0.1) is 10.0 Å². The van der Waals surface area contributed by atoms with Crippen molar-refractivity contribution in [2.24, 2.45) is 5.73 Å². The Morgan fingerprint density at radius 2 is 1.83 bits per heavy atom. The Labute approximate surface area is 82.5 Å². The van der Waals surface area contributed by atoms with Gasteiger partial charge in [-0.2, -0.15) is 0 Å². The molecule has 1 rings (SSSR count). The van der Waals surface area contributed by atoms with Crippen LogP contribution in [0.3, 0.4) is 0 Å². The third-order valence-corrected chi connectivity index (χ3v) is 2.79. The van der Waals surface area contributed by atoms with Gasteiger partial charge in [-0.25, -0.2) is 0 Å². The molecule has 3 heteroatoms. The maximum absolute atomic E-state index is 5.98. The van der Waals surface area contributed by atoms with Crippen LogP contribution in [0.2, 0.25) is 10.0 Å². The van der Waals surface area contributed by atoms with Crippen LogP contribution in [0.4, 0.5) is 0 Å². The minimum absolute atomic E-state index is 0.0735. The number of benzene rings is 1. The standard InChI is InChI=1S/C9H11Cl2N/c1-5-3-4-7(6(2)12)9(11)8(5)10/h3-4,6H,12H2,1-2H3. The second kappa shape index (κ2) is 3.65. The maximum Gasteiger partial charge on any atom is 0.0642 e. The summed E-state index contributed by atoms with van der Waals surface area (Å²) in [5.74, 6) is 0. The third kappa shape index (κ3) is 1.74. The van der Waals surface area contributed by atoms with E-state index in [4.69, 9.17) is 28.9 Å². The number of nitrogens with two attached hydrogens (primary N) is 1. The van der Waals surface area contributed by atoms with Gasteiger partial charge in [0.2, 0.25) is 0 Å². The Morgan fingerprint density at radius 3 is 2.33 bits per heavy atom. The first kappa shape index (κ1) is 9.85. The van der Waals surface area contributed by atoms with Crippen LogP contribution in [0.1, 0.15) is 24.1 Å². The summed E-state index contributed by atoms with van der Waals surface area (Å²) in [6, 6.07) is 3.76. The van der Waals surface area contributed by atoms with E-state index in [-0.39, 0.29) is 6.04 Å². The van der Waals surface area contributed by atoms with Crippen molar-refractivity contribution in [3.63, 3.8) is 0 Å². The molecule has 0 heterocycles. The molecular formula is C9H11Cl2N. The molecule has 0 saturated carbocycles. The van der Waals surface area contributed by atoms with Crippen molar-refractivity contribution in [1.82, 2.24) is 0 Å². The molecular weight excluding hydrogens is 193 g/mol. The van der Waals surface area contributed by atoms with Crippen molar-refractivity contribution in [2.45, 2.75) is 19.9 Å². The van der Waals surface area contributed by atoms with Gasteiger partial charge in [0, 0.05) is 6.04 Å². The van der Waals surface area contributed by atoms with Gasteiger partial charge in [0.15, 0.2) is 0 Å². The van der Waals surface area contributed by atoms with Crippen molar-refractivity contribution in [1.29, 1.82) is 0 Å². The van der Waals surface area contributed by atoms with Crippen molar-refractivity contribution < 1.29 is 0 Å². The number of halogens is 2. The topological polar surface area (TPSA) is 26.0 Å². The monoisotopic (exact) mass is 203 g/mol. The van der Waals surface area contributed by atoms with Crippen LogP contribution >= 0.6 is 23.2 Å². The molecule has 0 aromatic heterocycles. The molecule has 12 heavy (non-hydrogen) atoms. The minimum atomic E-state index is -0.0735. The van der Waals surface area contributed by atoms with E-state index in [2.05, 4.69) is 0 Å². The molecule has 0 aliphatic rings. The van der Waals surface area contributed by atoms with Crippen LogP contribution in [0.25, 0.3) is 0 Å². The highest BCUT2D eigenvalue weighted by atomic mass is 35.5. The van der Waals surface area contributed by atoms with Crippen molar-refractivity contribution in [2.75, 3.05) is 0 Å². The molecule has 0 saturated heterocycles. The molecule has 2 N–H and O–H groups in total.